The maximum absolute atomic E-state index is 12.4. The maximum atomic E-state index is 12.4. The Morgan fingerprint density at radius 1 is 0.523 bits per heavy atom. The highest BCUT2D eigenvalue weighted by atomic mass is 16.5. The highest BCUT2D eigenvalue weighted by Gasteiger charge is 2.18. The molecule has 0 saturated carbocycles. The lowest BCUT2D eigenvalue weighted by atomic mass is 10.1. The zero-order chi connectivity index (χ0) is 32.3. The van der Waals surface area contributed by atoms with E-state index in [0.717, 1.165) is 32.1 Å². The van der Waals surface area contributed by atoms with E-state index in [2.05, 4.69) is 62.4 Å². The summed E-state index contributed by atoms with van der Waals surface area (Å²) >= 11 is 0. The van der Waals surface area contributed by atoms with Crippen molar-refractivity contribution in [1.29, 1.82) is 0 Å². The Balaban J connectivity index is 0.000000485. The number of unbranched alkanes of at least 4 members (excludes halogenated alkanes) is 10. The summed E-state index contributed by atoms with van der Waals surface area (Å²) in [5, 5.41) is 18.8. The normalized spacial score (nSPS) is 10.4. The summed E-state index contributed by atoms with van der Waals surface area (Å²) in [6.45, 7) is 7.08. The molecule has 6 heteroatoms. The van der Waals surface area contributed by atoms with E-state index in [1.54, 1.807) is 24.3 Å². The van der Waals surface area contributed by atoms with Gasteiger partial charge in [-0.05, 0) is 42.2 Å². The van der Waals surface area contributed by atoms with Crippen LogP contribution in [0.4, 0.5) is 0 Å². The van der Waals surface area contributed by atoms with Gasteiger partial charge in [-0.25, -0.2) is 9.59 Å². The highest BCUT2D eigenvalue weighted by Crippen LogP contribution is 2.14. The summed E-state index contributed by atoms with van der Waals surface area (Å²) in [4.78, 5) is 24.7. The van der Waals surface area contributed by atoms with Gasteiger partial charge in [0.2, 0.25) is 0 Å². The second kappa shape index (κ2) is 26.2. The molecule has 0 heterocycles. The van der Waals surface area contributed by atoms with E-state index in [9.17, 15) is 9.59 Å². The van der Waals surface area contributed by atoms with Crippen molar-refractivity contribution < 1.29 is 29.3 Å². The molecule has 0 atom stereocenters. The monoisotopic (exact) mass is 608 g/mol. The molecule has 0 bridgehead atoms. The molecule has 0 saturated heterocycles. The van der Waals surface area contributed by atoms with Crippen LogP contribution in [0.25, 0.3) is 10.8 Å². The van der Waals surface area contributed by atoms with E-state index in [1.807, 2.05) is 6.92 Å². The van der Waals surface area contributed by atoms with E-state index in [-0.39, 0.29) is 0 Å². The maximum Gasteiger partial charge on any atom is 0.339 e. The fourth-order valence-electron chi connectivity index (χ4n) is 4.48. The molecule has 0 aliphatic heterocycles. The molecule has 0 aromatic heterocycles. The summed E-state index contributed by atoms with van der Waals surface area (Å²) in [5.74, 6) is -0.888. The van der Waals surface area contributed by atoms with Crippen molar-refractivity contribution >= 4 is 22.7 Å². The van der Waals surface area contributed by atoms with Gasteiger partial charge in [0.15, 0.2) is 6.29 Å². The average molecular weight is 609 g/mol. The number of aliphatic hydroxyl groups is 2. The number of ether oxygens (including phenoxy) is 2. The van der Waals surface area contributed by atoms with E-state index in [4.69, 9.17) is 19.7 Å². The van der Waals surface area contributed by atoms with E-state index in [0.29, 0.717) is 30.8 Å². The van der Waals surface area contributed by atoms with Gasteiger partial charge in [0.1, 0.15) is 0 Å². The Morgan fingerprint density at radius 3 is 1.18 bits per heavy atom. The lowest BCUT2D eigenvalue weighted by Gasteiger charge is -2.10. The van der Waals surface area contributed by atoms with E-state index >= 15 is 0 Å². The van der Waals surface area contributed by atoms with Gasteiger partial charge < -0.3 is 19.7 Å². The molecule has 0 amide bonds. The first-order valence-electron chi connectivity index (χ1n) is 16.7. The van der Waals surface area contributed by atoms with Gasteiger partial charge in [-0.3, -0.25) is 0 Å². The molecule has 0 radical (unpaired) electrons. The highest BCUT2D eigenvalue weighted by molar-refractivity contribution is 6.03. The molecule has 3 aromatic rings. The standard InChI is InChI=1S/C24H38O4.C10H8.C4H10O2/c1-3-5-7-9-11-15-19-27-23(25)21-17-13-14-18-22(21)24(26)28-20-16-12-10-8-6-4-2;1-2-6-10-8-4-3-7-9(10)5-1;1-2-3-4(5)6/h13-14,17-18H,3-12,15-16,19-20H2,1-2H3;1-8H;4-6H,2-3H2,1H3. The van der Waals surface area contributed by atoms with Gasteiger partial charge >= 0.3 is 11.9 Å². The van der Waals surface area contributed by atoms with Gasteiger partial charge in [-0.2, -0.15) is 0 Å². The van der Waals surface area contributed by atoms with Crippen LogP contribution in [0.15, 0.2) is 72.8 Å². The summed E-state index contributed by atoms with van der Waals surface area (Å²) < 4.78 is 10.7. The number of carbonyl (C=O) groups is 2. The zero-order valence-corrected chi connectivity index (χ0v) is 27.3. The number of hydrogen-bond donors (Lipinski definition) is 2. The number of esters is 2. The van der Waals surface area contributed by atoms with Gasteiger partial charge in [0.05, 0.1) is 24.3 Å². The molecular formula is C38H56O6. The van der Waals surface area contributed by atoms with Gasteiger partial charge in [0.25, 0.3) is 0 Å². The third-order valence-electron chi connectivity index (χ3n) is 7.03. The van der Waals surface area contributed by atoms with Crippen LogP contribution >= 0.6 is 0 Å². The molecule has 3 rings (SSSR count). The van der Waals surface area contributed by atoms with Crippen molar-refractivity contribution in [3.05, 3.63) is 83.9 Å². The SMILES string of the molecule is CCCC(O)O.CCCCCCCCOC(=O)c1ccccc1C(=O)OCCCCCCCC.c1ccc2ccccc2c1. The van der Waals surface area contributed by atoms with Crippen LogP contribution in [0.5, 0.6) is 0 Å². The minimum atomic E-state index is -1.10. The lowest BCUT2D eigenvalue weighted by molar-refractivity contribution is -0.0453. The van der Waals surface area contributed by atoms with Crippen molar-refractivity contribution in [2.24, 2.45) is 0 Å². The molecule has 2 N–H and O–H groups in total. The summed E-state index contributed by atoms with van der Waals surface area (Å²) in [6.07, 6.45) is 13.8. The molecule has 0 unspecified atom stereocenters. The predicted molar refractivity (Wildman–Crippen MR) is 181 cm³/mol. The molecule has 6 nitrogen and oxygen atoms in total. The molecule has 0 aliphatic carbocycles. The molecule has 0 spiro atoms. The van der Waals surface area contributed by atoms with Crippen molar-refractivity contribution in [3.8, 4) is 0 Å². The zero-order valence-electron chi connectivity index (χ0n) is 27.3. The number of fused-ring (bicyclic) bond motifs is 1. The van der Waals surface area contributed by atoms with Crippen molar-refractivity contribution in [2.45, 2.75) is 117 Å². The topological polar surface area (TPSA) is 93.1 Å². The number of carbonyl (C=O) groups excluding carboxylic acids is 2. The minimum absolute atomic E-state index is 0.293. The predicted octanol–water partition coefficient (Wildman–Crippen LogP) is 9.66. The second-order valence-electron chi connectivity index (χ2n) is 11.0. The summed E-state index contributed by atoms with van der Waals surface area (Å²) in [5.41, 5.74) is 0.586. The van der Waals surface area contributed by atoms with Crippen LogP contribution in [0, 0.1) is 0 Å². The number of hydrogen-bond acceptors (Lipinski definition) is 6. The largest absolute Gasteiger partial charge is 0.462 e. The Hall–Kier alpha value is -3.22. The van der Waals surface area contributed by atoms with Crippen molar-refractivity contribution in [1.82, 2.24) is 0 Å². The third kappa shape index (κ3) is 18.4. The summed E-state index contributed by atoms with van der Waals surface area (Å²) in [6, 6.07) is 23.5. The molecule has 244 valence electrons. The van der Waals surface area contributed by atoms with Crippen LogP contribution in [-0.2, 0) is 9.47 Å². The Kier molecular flexibility index (Phi) is 23.1. The Bertz CT molecular complexity index is 1030. The van der Waals surface area contributed by atoms with Crippen molar-refractivity contribution in [3.63, 3.8) is 0 Å². The van der Waals surface area contributed by atoms with E-state index in [1.165, 1.54) is 62.1 Å². The smallest absolute Gasteiger partial charge is 0.339 e. The Labute approximate surface area is 265 Å². The van der Waals surface area contributed by atoms with Gasteiger partial charge in [-0.1, -0.05) is 152 Å². The molecule has 44 heavy (non-hydrogen) atoms. The summed E-state index contributed by atoms with van der Waals surface area (Å²) in [7, 11) is 0. The number of aliphatic hydroxyl groups excluding tert-OH is 1. The van der Waals surface area contributed by atoms with Crippen LogP contribution in [-0.4, -0.2) is 41.7 Å². The first-order chi connectivity index (χ1) is 21.4. The average Bonchev–Trinajstić information content (AvgIpc) is 3.04. The molecule has 0 fully saturated rings. The fourth-order valence-corrected chi connectivity index (χ4v) is 4.48. The van der Waals surface area contributed by atoms with Crippen LogP contribution in [0.3, 0.4) is 0 Å². The first-order valence-corrected chi connectivity index (χ1v) is 16.7. The minimum Gasteiger partial charge on any atom is -0.462 e. The van der Waals surface area contributed by atoms with Crippen molar-refractivity contribution in [2.75, 3.05) is 13.2 Å². The van der Waals surface area contributed by atoms with Gasteiger partial charge in [-0.15, -0.1) is 0 Å². The third-order valence-corrected chi connectivity index (χ3v) is 7.03. The van der Waals surface area contributed by atoms with E-state index < -0.39 is 18.2 Å². The van der Waals surface area contributed by atoms with Crippen LogP contribution in [0.2, 0.25) is 0 Å². The Morgan fingerprint density at radius 2 is 0.864 bits per heavy atom. The second-order valence-corrected chi connectivity index (χ2v) is 11.0. The quantitative estimate of drug-likeness (QED) is 0.0848. The first kappa shape index (κ1) is 38.8. The number of benzene rings is 3. The van der Waals surface area contributed by atoms with Gasteiger partial charge in [0, 0.05) is 0 Å². The number of rotatable bonds is 18. The molecular weight excluding hydrogens is 552 g/mol. The molecule has 3 aromatic carbocycles. The molecule has 0 aliphatic rings. The van der Waals surface area contributed by atoms with Crippen LogP contribution in [0.1, 0.15) is 131 Å². The fraction of sp³-hybridized carbons (Fsp3) is 0.526. The van der Waals surface area contributed by atoms with Crippen LogP contribution < -0.4 is 0 Å². The lowest BCUT2D eigenvalue weighted by Crippen LogP contribution is -2.15.